The lowest BCUT2D eigenvalue weighted by Crippen LogP contribution is -2.15. The first-order chi connectivity index (χ1) is 21.5. The zero-order chi connectivity index (χ0) is 31.8. The average Bonchev–Trinajstić information content (AvgIpc) is 3.03. The number of carbonyl (C=O) groups is 2. The molecule has 6 heteroatoms. The van der Waals surface area contributed by atoms with Gasteiger partial charge in [0.1, 0.15) is 0 Å². The zero-order valence-corrected chi connectivity index (χ0v) is 30.6. The van der Waals surface area contributed by atoms with Gasteiger partial charge >= 0.3 is 0 Å². The summed E-state index contributed by atoms with van der Waals surface area (Å²) in [6.07, 6.45) is 25.3. The predicted octanol–water partition coefficient (Wildman–Crippen LogP) is 12.9. The summed E-state index contributed by atoms with van der Waals surface area (Å²) < 4.78 is 13.8. The van der Waals surface area contributed by atoms with Crippen LogP contribution in [-0.2, 0) is 0 Å². The Morgan fingerprint density at radius 1 is 0.523 bits per heavy atom. The lowest BCUT2D eigenvalue weighted by molar-refractivity contribution is 0.0816. The highest BCUT2D eigenvalue weighted by atomic mass is 79.9. The van der Waals surface area contributed by atoms with Crippen molar-refractivity contribution in [1.82, 2.24) is 0 Å². The van der Waals surface area contributed by atoms with Gasteiger partial charge in [-0.2, -0.15) is 0 Å². The van der Waals surface area contributed by atoms with Crippen molar-refractivity contribution in [3.63, 3.8) is 0 Å². The van der Waals surface area contributed by atoms with E-state index >= 15 is 0 Å². The van der Waals surface area contributed by atoms with Crippen LogP contribution in [-0.4, -0.2) is 24.8 Å². The van der Waals surface area contributed by atoms with E-state index < -0.39 is 11.6 Å². The topological polar surface area (TPSA) is 52.6 Å². The van der Waals surface area contributed by atoms with E-state index in [-0.39, 0.29) is 0 Å². The van der Waals surface area contributed by atoms with Gasteiger partial charge < -0.3 is 9.47 Å². The number of rotatable bonds is 27. The predicted molar refractivity (Wildman–Crippen MR) is 192 cm³/mol. The second-order valence-corrected chi connectivity index (χ2v) is 13.8. The standard InChI is InChI=1S/C38H56Br2O4/c1-3-5-7-9-11-13-15-17-19-21-27-43-35-29-33(38(42)37(41)31-23-25-32(39)26-24-31)34(40)30-36(35)44-28-22-20-18-16-14-12-10-8-6-4-2/h23-26,29-30H,3-22,27-28H2,1-2H3. The summed E-state index contributed by atoms with van der Waals surface area (Å²) >= 11 is 6.91. The maximum atomic E-state index is 13.2. The molecule has 2 aromatic carbocycles. The minimum atomic E-state index is -0.566. The lowest BCUT2D eigenvalue weighted by atomic mass is 10.0. The van der Waals surface area contributed by atoms with Gasteiger partial charge in [-0.05, 0) is 65.2 Å². The number of hydrogen-bond donors (Lipinski definition) is 0. The van der Waals surface area contributed by atoms with Crippen LogP contribution in [0.2, 0.25) is 0 Å². The molecule has 0 saturated heterocycles. The molecule has 0 radical (unpaired) electrons. The molecule has 0 unspecified atom stereocenters. The third-order valence-electron chi connectivity index (χ3n) is 8.10. The molecule has 0 aliphatic rings. The van der Waals surface area contributed by atoms with E-state index in [4.69, 9.17) is 9.47 Å². The molecular formula is C38H56Br2O4. The maximum Gasteiger partial charge on any atom is 0.234 e. The molecular weight excluding hydrogens is 680 g/mol. The molecule has 0 spiro atoms. The quantitative estimate of drug-likeness (QED) is 0.0521. The van der Waals surface area contributed by atoms with Crippen molar-refractivity contribution in [2.45, 2.75) is 142 Å². The van der Waals surface area contributed by atoms with E-state index in [0.717, 1.165) is 30.2 Å². The van der Waals surface area contributed by atoms with Crippen LogP contribution in [0.4, 0.5) is 0 Å². The van der Waals surface area contributed by atoms with Gasteiger partial charge in [-0.3, -0.25) is 9.59 Å². The number of benzene rings is 2. The Balaban J connectivity index is 1.90. The smallest absolute Gasteiger partial charge is 0.234 e. The Bertz CT molecular complexity index is 1070. The number of hydrogen-bond acceptors (Lipinski definition) is 4. The second kappa shape index (κ2) is 24.6. The molecule has 0 aromatic heterocycles. The monoisotopic (exact) mass is 734 g/mol. The van der Waals surface area contributed by atoms with Gasteiger partial charge in [0.25, 0.3) is 0 Å². The molecule has 246 valence electrons. The lowest BCUT2D eigenvalue weighted by Gasteiger charge is -2.15. The van der Waals surface area contributed by atoms with Crippen molar-refractivity contribution in [3.05, 3.63) is 56.5 Å². The van der Waals surface area contributed by atoms with Gasteiger partial charge in [0.15, 0.2) is 11.5 Å². The number of unbranched alkanes of at least 4 members (excludes halogenated alkanes) is 18. The van der Waals surface area contributed by atoms with Crippen LogP contribution in [0, 0.1) is 0 Å². The maximum absolute atomic E-state index is 13.2. The summed E-state index contributed by atoms with van der Waals surface area (Å²) in [5.74, 6) is 0.0396. The highest BCUT2D eigenvalue weighted by Gasteiger charge is 2.23. The van der Waals surface area contributed by atoms with E-state index in [1.165, 1.54) is 103 Å². The molecule has 2 rings (SSSR count). The third kappa shape index (κ3) is 16.1. The molecule has 2 aromatic rings. The zero-order valence-electron chi connectivity index (χ0n) is 27.4. The van der Waals surface area contributed by atoms with Gasteiger partial charge in [-0.15, -0.1) is 0 Å². The Hall–Kier alpha value is -1.66. The Labute approximate surface area is 284 Å². The van der Waals surface area contributed by atoms with Crippen LogP contribution in [0.3, 0.4) is 0 Å². The molecule has 0 bridgehead atoms. The average molecular weight is 737 g/mol. The second-order valence-electron chi connectivity index (χ2n) is 12.0. The summed E-state index contributed by atoms with van der Waals surface area (Å²) in [6.45, 7) is 5.67. The molecule has 0 atom stereocenters. The molecule has 0 saturated carbocycles. The number of Topliss-reactive ketones (excluding diaryl/α,β-unsaturated/α-hetero) is 2. The highest BCUT2D eigenvalue weighted by molar-refractivity contribution is 9.10. The number of ketones is 2. The minimum absolute atomic E-state index is 0.294. The van der Waals surface area contributed by atoms with Crippen molar-refractivity contribution < 1.29 is 19.1 Å². The normalized spacial score (nSPS) is 11.1. The van der Waals surface area contributed by atoms with Crippen LogP contribution >= 0.6 is 31.9 Å². The summed E-state index contributed by atoms with van der Waals surface area (Å²) in [6, 6.07) is 10.3. The first-order valence-corrected chi connectivity index (χ1v) is 19.0. The van der Waals surface area contributed by atoms with Gasteiger partial charge in [0.05, 0.1) is 13.2 Å². The number of halogens is 2. The Morgan fingerprint density at radius 2 is 0.909 bits per heavy atom. The van der Waals surface area contributed by atoms with Gasteiger partial charge in [0.2, 0.25) is 11.6 Å². The number of carbonyl (C=O) groups excluding carboxylic acids is 2. The fourth-order valence-electron chi connectivity index (χ4n) is 5.33. The highest BCUT2D eigenvalue weighted by Crippen LogP contribution is 2.35. The van der Waals surface area contributed by atoms with Crippen molar-refractivity contribution >= 4 is 43.4 Å². The molecule has 0 fully saturated rings. The molecule has 0 aliphatic carbocycles. The summed E-state index contributed by atoms with van der Waals surface area (Å²) in [5, 5.41) is 0. The van der Waals surface area contributed by atoms with E-state index in [1.807, 2.05) is 0 Å². The molecule has 0 N–H and O–H groups in total. The molecule has 44 heavy (non-hydrogen) atoms. The van der Waals surface area contributed by atoms with Crippen molar-refractivity contribution in [2.75, 3.05) is 13.2 Å². The van der Waals surface area contributed by atoms with Gasteiger partial charge in [0, 0.05) is 20.1 Å². The molecule has 0 heterocycles. The van der Waals surface area contributed by atoms with Crippen LogP contribution < -0.4 is 9.47 Å². The van der Waals surface area contributed by atoms with Crippen LogP contribution in [0.1, 0.15) is 163 Å². The summed E-state index contributed by atoms with van der Waals surface area (Å²) in [7, 11) is 0. The SMILES string of the molecule is CCCCCCCCCCCCOc1cc(Br)c(C(=O)C(=O)c2ccc(Br)cc2)cc1OCCCCCCCCCCCC. The molecule has 0 amide bonds. The fourth-order valence-corrected chi connectivity index (χ4v) is 6.10. The Kier molecular flexibility index (Phi) is 21.5. The molecule has 0 aliphatic heterocycles. The van der Waals surface area contributed by atoms with E-state index in [2.05, 4.69) is 45.7 Å². The number of ether oxygens (including phenoxy) is 2. The van der Waals surface area contributed by atoms with E-state index in [0.29, 0.717) is 40.3 Å². The van der Waals surface area contributed by atoms with Gasteiger partial charge in [-0.25, -0.2) is 0 Å². The minimum Gasteiger partial charge on any atom is -0.490 e. The van der Waals surface area contributed by atoms with E-state index in [9.17, 15) is 9.59 Å². The first-order valence-electron chi connectivity index (χ1n) is 17.4. The largest absolute Gasteiger partial charge is 0.490 e. The summed E-state index contributed by atoms with van der Waals surface area (Å²) in [4.78, 5) is 26.2. The fraction of sp³-hybridized carbons (Fsp3) is 0.632. The third-order valence-corrected chi connectivity index (χ3v) is 9.29. The van der Waals surface area contributed by atoms with Crippen LogP contribution in [0.15, 0.2) is 45.3 Å². The first kappa shape index (κ1) is 38.5. The molecule has 4 nitrogen and oxygen atoms in total. The Morgan fingerprint density at radius 3 is 1.34 bits per heavy atom. The summed E-state index contributed by atoms with van der Waals surface area (Å²) in [5.41, 5.74) is 0.654. The van der Waals surface area contributed by atoms with Crippen molar-refractivity contribution in [2.24, 2.45) is 0 Å². The van der Waals surface area contributed by atoms with Crippen molar-refractivity contribution in [3.8, 4) is 11.5 Å². The van der Waals surface area contributed by atoms with Gasteiger partial charge in [-0.1, -0.05) is 145 Å². The van der Waals surface area contributed by atoms with E-state index in [1.54, 1.807) is 36.4 Å². The van der Waals surface area contributed by atoms with Crippen LogP contribution in [0.25, 0.3) is 0 Å². The van der Waals surface area contributed by atoms with Crippen LogP contribution in [0.5, 0.6) is 11.5 Å². The van der Waals surface area contributed by atoms with Crippen molar-refractivity contribution in [1.29, 1.82) is 0 Å².